The molecule has 0 aliphatic heterocycles. The topological polar surface area (TPSA) is 52.6 Å². The van der Waals surface area contributed by atoms with Crippen LogP contribution >= 0.6 is 22.6 Å². The van der Waals surface area contributed by atoms with Gasteiger partial charge in [-0.15, -0.1) is 0 Å². The van der Waals surface area contributed by atoms with Gasteiger partial charge in [-0.25, -0.2) is 9.59 Å². The maximum Gasteiger partial charge on any atom is 0.344 e. The number of hydrogen-bond acceptors (Lipinski definition) is 4. The molecule has 0 aliphatic carbocycles. The Morgan fingerprint density at radius 1 is 0.952 bits per heavy atom. The smallest absolute Gasteiger partial charge is 0.344 e. The Kier molecular flexibility index (Phi) is 5.32. The van der Waals surface area contributed by atoms with Crippen LogP contribution in [0.5, 0.6) is 5.75 Å². The number of benzene rings is 2. The average molecular weight is 396 g/mol. The third-order valence-electron chi connectivity index (χ3n) is 2.68. The van der Waals surface area contributed by atoms with Gasteiger partial charge in [-0.3, -0.25) is 0 Å². The lowest BCUT2D eigenvalue weighted by molar-refractivity contribution is 0.0520. The van der Waals surface area contributed by atoms with Crippen molar-refractivity contribution in [3.05, 3.63) is 63.2 Å². The van der Waals surface area contributed by atoms with Crippen molar-refractivity contribution < 1.29 is 19.1 Å². The van der Waals surface area contributed by atoms with Crippen LogP contribution in [-0.4, -0.2) is 18.5 Å². The zero-order chi connectivity index (χ0) is 15.2. The second-order valence-corrected chi connectivity index (χ2v) is 5.25. The van der Waals surface area contributed by atoms with Gasteiger partial charge in [0.25, 0.3) is 0 Å². The van der Waals surface area contributed by atoms with E-state index in [0.29, 0.717) is 5.56 Å². The maximum atomic E-state index is 12.2. The third-order valence-corrected chi connectivity index (χ3v) is 3.62. The molecule has 108 valence electrons. The van der Waals surface area contributed by atoms with Gasteiger partial charge >= 0.3 is 11.9 Å². The number of ether oxygens (including phenoxy) is 2. The fourth-order valence-corrected chi connectivity index (χ4v) is 2.32. The molecule has 0 fully saturated rings. The zero-order valence-corrected chi connectivity index (χ0v) is 13.5. The predicted molar refractivity (Wildman–Crippen MR) is 86.5 cm³/mol. The molecule has 0 saturated carbocycles. The van der Waals surface area contributed by atoms with Crippen LogP contribution in [0.3, 0.4) is 0 Å². The van der Waals surface area contributed by atoms with Crippen LogP contribution in [0.2, 0.25) is 0 Å². The zero-order valence-electron chi connectivity index (χ0n) is 11.3. The van der Waals surface area contributed by atoms with Crippen LogP contribution in [0.15, 0.2) is 48.5 Å². The van der Waals surface area contributed by atoms with E-state index in [4.69, 9.17) is 9.47 Å². The van der Waals surface area contributed by atoms with Gasteiger partial charge in [0.05, 0.1) is 12.2 Å². The van der Waals surface area contributed by atoms with Crippen molar-refractivity contribution >= 4 is 34.5 Å². The maximum absolute atomic E-state index is 12.2. The van der Waals surface area contributed by atoms with Gasteiger partial charge < -0.3 is 9.47 Å². The van der Waals surface area contributed by atoms with Crippen molar-refractivity contribution in [3.63, 3.8) is 0 Å². The van der Waals surface area contributed by atoms with Crippen LogP contribution in [0.4, 0.5) is 0 Å². The van der Waals surface area contributed by atoms with Crippen molar-refractivity contribution in [1.82, 2.24) is 0 Å². The molecule has 2 rings (SSSR count). The fraction of sp³-hybridized carbons (Fsp3) is 0.125. The van der Waals surface area contributed by atoms with Gasteiger partial charge in [-0.05, 0) is 53.8 Å². The molecule has 2 aromatic carbocycles. The molecular weight excluding hydrogens is 383 g/mol. The number of halogens is 1. The molecule has 0 atom stereocenters. The highest BCUT2D eigenvalue weighted by Crippen LogP contribution is 2.21. The summed E-state index contributed by atoms with van der Waals surface area (Å²) in [6.07, 6.45) is 0. The Hall–Kier alpha value is -1.89. The van der Waals surface area contributed by atoms with E-state index < -0.39 is 11.9 Å². The Morgan fingerprint density at radius 3 is 2.24 bits per heavy atom. The van der Waals surface area contributed by atoms with Crippen molar-refractivity contribution in [2.75, 3.05) is 6.61 Å². The van der Waals surface area contributed by atoms with E-state index in [0.717, 1.165) is 3.57 Å². The third kappa shape index (κ3) is 3.81. The lowest BCUT2D eigenvalue weighted by Gasteiger charge is -2.10. The van der Waals surface area contributed by atoms with Gasteiger partial charge in [0.15, 0.2) is 0 Å². The summed E-state index contributed by atoms with van der Waals surface area (Å²) in [5.74, 6) is -0.819. The molecular formula is C16H13IO4. The summed E-state index contributed by atoms with van der Waals surface area (Å²) in [7, 11) is 0. The first-order valence-corrected chi connectivity index (χ1v) is 7.44. The van der Waals surface area contributed by atoms with E-state index in [1.165, 1.54) is 0 Å². The fourth-order valence-electron chi connectivity index (χ4n) is 1.71. The highest BCUT2D eigenvalue weighted by Gasteiger charge is 2.18. The van der Waals surface area contributed by atoms with Crippen molar-refractivity contribution in [1.29, 1.82) is 0 Å². The number of rotatable bonds is 4. The Morgan fingerprint density at radius 2 is 1.57 bits per heavy atom. The Labute approximate surface area is 136 Å². The van der Waals surface area contributed by atoms with Crippen molar-refractivity contribution in [3.8, 4) is 5.75 Å². The summed E-state index contributed by atoms with van der Waals surface area (Å²) in [4.78, 5) is 24.0. The lowest BCUT2D eigenvalue weighted by Crippen LogP contribution is -2.14. The molecule has 0 N–H and O–H groups in total. The predicted octanol–water partition coefficient (Wildman–Crippen LogP) is 3.69. The number of para-hydroxylation sites is 1. The standard InChI is InChI=1S/C16H13IO4/c1-2-20-15(18)12-8-4-6-10-14(12)21-16(19)11-7-3-5-9-13(11)17/h3-10H,2H2,1H3. The van der Waals surface area contributed by atoms with E-state index in [9.17, 15) is 9.59 Å². The molecule has 0 spiro atoms. The summed E-state index contributed by atoms with van der Waals surface area (Å²) in [6, 6.07) is 13.6. The van der Waals surface area contributed by atoms with Crippen LogP contribution < -0.4 is 4.74 Å². The minimum atomic E-state index is -0.511. The van der Waals surface area contributed by atoms with Crippen LogP contribution in [0.1, 0.15) is 27.6 Å². The summed E-state index contributed by atoms with van der Waals surface area (Å²) >= 11 is 2.06. The first kappa shape index (κ1) is 15.5. The average Bonchev–Trinajstić information content (AvgIpc) is 2.48. The van der Waals surface area contributed by atoms with Crippen LogP contribution in [0.25, 0.3) is 0 Å². The number of hydrogen-bond donors (Lipinski definition) is 0. The quantitative estimate of drug-likeness (QED) is 0.450. The first-order chi connectivity index (χ1) is 10.1. The van der Waals surface area contributed by atoms with Gasteiger partial charge in [0.1, 0.15) is 11.3 Å². The van der Waals surface area contributed by atoms with Gasteiger partial charge in [-0.1, -0.05) is 24.3 Å². The molecule has 0 saturated heterocycles. The van der Waals surface area contributed by atoms with E-state index in [1.807, 2.05) is 12.1 Å². The lowest BCUT2D eigenvalue weighted by atomic mass is 10.2. The second kappa shape index (κ2) is 7.21. The van der Waals surface area contributed by atoms with Crippen LogP contribution in [-0.2, 0) is 4.74 Å². The van der Waals surface area contributed by atoms with E-state index in [-0.39, 0.29) is 17.9 Å². The number of carbonyl (C=O) groups is 2. The number of carbonyl (C=O) groups excluding carboxylic acids is 2. The van der Waals surface area contributed by atoms with E-state index in [1.54, 1.807) is 43.3 Å². The molecule has 0 amide bonds. The molecule has 5 heteroatoms. The van der Waals surface area contributed by atoms with Crippen molar-refractivity contribution in [2.24, 2.45) is 0 Å². The highest BCUT2D eigenvalue weighted by molar-refractivity contribution is 14.1. The molecule has 21 heavy (non-hydrogen) atoms. The van der Waals surface area contributed by atoms with E-state index >= 15 is 0 Å². The monoisotopic (exact) mass is 396 g/mol. The second-order valence-electron chi connectivity index (χ2n) is 4.09. The van der Waals surface area contributed by atoms with Gasteiger partial charge in [0.2, 0.25) is 0 Å². The highest BCUT2D eigenvalue weighted by atomic mass is 127. The molecule has 0 heterocycles. The Bertz CT molecular complexity index is 667. The minimum absolute atomic E-state index is 0.195. The Balaban J connectivity index is 2.26. The molecule has 0 aromatic heterocycles. The van der Waals surface area contributed by atoms with E-state index in [2.05, 4.69) is 22.6 Å². The molecule has 0 unspecified atom stereocenters. The number of esters is 2. The van der Waals surface area contributed by atoms with Crippen molar-refractivity contribution in [2.45, 2.75) is 6.92 Å². The molecule has 0 radical (unpaired) electrons. The molecule has 2 aromatic rings. The minimum Gasteiger partial charge on any atom is -0.462 e. The van der Waals surface area contributed by atoms with Crippen LogP contribution in [0, 0.1) is 3.57 Å². The molecule has 0 bridgehead atoms. The molecule has 4 nitrogen and oxygen atoms in total. The largest absolute Gasteiger partial charge is 0.462 e. The van der Waals surface area contributed by atoms with Gasteiger partial charge in [0, 0.05) is 3.57 Å². The summed E-state index contributed by atoms with van der Waals surface area (Å²) in [5, 5.41) is 0. The summed E-state index contributed by atoms with van der Waals surface area (Å²) < 4.78 is 11.1. The first-order valence-electron chi connectivity index (χ1n) is 6.36. The summed E-state index contributed by atoms with van der Waals surface area (Å²) in [5.41, 5.74) is 0.690. The SMILES string of the molecule is CCOC(=O)c1ccccc1OC(=O)c1ccccc1I. The van der Waals surface area contributed by atoms with Gasteiger partial charge in [-0.2, -0.15) is 0 Å². The normalized spacial score (nSPS) is 10.0. The molecule has 0 aliphatic rings. The summed E-state index contributed by atoms with van der Waals surface area (Å²) in [6.45, 7) is 1.98.